The summed E-state index contributed by atoms with van der Waals surface area (Å²) in [5.41, 5.74) is 9.40. The predicted molar refractivity (Wildman–Crippen MR) is 104 cm³/mol. The Labute approximate surface area is 168 Å². The van der Waals surface area contributed by atoms with Gasteiger partial charge in [0.25, 0.3) is 0 Å². The van der Waals surface area contributed by atoms with Crippen LogP contribution in [-0.4, -0.2) is 10.2 Å². The smallest absolute Gasteiger partial charge is 0.244 e. The molecule has 5 aliphatic rings. The molecule has 2 heterocycles. The first kappa shape index (κ1) is 17.1. The van der Waals surface area contributed by atoms with E-state index in [1.54, 1.807) is 12.1 Å². The minimum atomic E-state index is -0.383. The highest BCUT2D eigenvalue weighted by atomic mass is 19.1. The lowest BCUT2D eigenvalue weighted by Crippen LogP contribution is -2.49. The number of benzene rings is 1. The van der Waals surface area contributed by atoms with Crippen molar-refractivity contribution in [2.24, 2.45) is 23.5 Å². The van der Waals surface area contributed by atoms with Gasteiger partial charge in [0.05, 0.1) is 11.5 Å². The standard InChI is InChI=1S/C23H23FN4O/c24-16-3-1-15(2-4-16)18-17(11-25)21(26)29-22-19(18)20(27-28-22)23-8-12-5-13(9-23)7-14(6-12)10-23/h1-4,12-14,18H,5-10,26H2,(H,27,28). The molecule has 1 unspecified atom stereocenters. The van der Waals surface area contributed by atoms with Gasteiger partial charge in [-0.05, 0) is 74.0 Å². The Balaban J connectivity index is 1.53. The number of hydrogen-bond donors (Lipinski definition) is 2. The van der Waals surface area contributed by atoms with E-state index in [0.29, 0.717) is 11.5 Å². The van der Waals surface area contributed by atoms with Gasteiger partial charge in [-0.15, -0.1) is 5.10 Å². The van der Waals surface area contributed by atoms with Gasteiger partial charge in [0.1, 0.15) is 17.5 Å². The average molecular weight is 390 g/mol. The first-order valence-electron chi connectivity index (χ1n) is 10.5. The van der Waals surface area contributed by atoms with Crippen molar-refractivity contribution in [3.8, 4) is 11.9 Å². The normalized spacial score (nSPS) is 34.6. The molecule has 5 nitrogen and oxygen atoms in total. The molecule has 1 atom stereocenters. The van der Waals surface area contributed by atoms with Crippen molar-refractivity contribution >= 4 is 0 Å². The van der Waals surface area contributed by atoms with E-state index in [4.69, 9.17) is 10.5 Å². The zero-order valence-electron chi connectivity index (χ0n) is 16.1. The third kappa shape index (κ3) is 2.40. The lowest BCUT2D eigenvalue weighted by Gasteiger charge is -2.56. The second kappa shape index (κ2) is 5.85. The molecule has 3 N–H and O–H groups in total. The van der Waals surface area contributed by atoms with Crippen LogP contribution in [0.2, 0.25) is 0 Å². The first-order valence-corrected chi connectivity index (χ1v) is 10.5. The van der Waals surface area contributed by atoms with Gasteiger partial charge < -0.3 is 10.5 Å². The highest BCUT2D eigenvalue weighted by molar-refractivity contribution is 5.56. The van der Waals surface area contributed by atoms with E-state index in [1.807, 2.05) is 0 Å². The van der Waals surface area contributed by atoms with E-state index >= 15 is 0 Å². The maximum atomic E-state index is 13.6. The molecule has 7 rings (SSSR count). The number of nitrogens with zero attached hydrogens (tertiary/aromatic N) is 2. The van der Waals surface area contributed by atoms with Crippen LogP contribution in [0.25, 0.3) is 0 Å². The topological polar surface area (TPSA) is 87.7 Å². The summed E-state index contributed by atoms with van der Waals surface area (Å²) in [5, 5.41) is 17.7. The second-order valence-corrected chi connectivity index (χ2v) is 9.49. The Kier molecular flexibility index (Phi) is 3.45. The van der Waals surface area contributed by atoms with Crippen molar-refractivity contribution in [1.29, 1.82) is 5.26 Å². The number of nitriles is 1. The van der Waals surface area contributed by atoms with Crippen molar-refractivity contribution in [1.82, 2.24) is 10.2 Å². The lowest BCUT2D eigenvalue weighted by atomic mass is 9.48. The van der Waals surface area contributed by atoms with Gasteiger partial charge in [-0.1, -0.05) is 12.1 Å². The zero-order chi connectivity index (χ0) is 19.8. The number of ether oxygens (including phenoxy) is 1. The molecule has 0 amide bonds. The monoisotopic (exact) mass is 390 g/mol. The maximum absolute atomic E-state index is 13.6. The molecule has 1 aromatic carbocycles. The fourth-order valence-electron chi connectivity index (χ4n) is 7.05. The SMILES string of the molecule is N#CC1=C(N)Oc2n[nH]c(C34CC5CC(CC(C5)C3)C4)c2C1c1ccc(F)cc1. The van der Waals surface area contributed by atoms with Crippen LogP contribution in [0.3, 0.4) is 0 Å². The van der Waals surface area contributed by atoms with Crippen LogP contribution in [-0.2, 0) is 5.41 Å². The number of nitrogens with one attached hydrogen (secondary N) is 1. The summed E-state index contributed by atoms with van der Waals surface area (Å²) < 4.78 is 19.4. The van der Waals surface area contributed by atoms with E-state index in [9.17, 15) is 9.65 Å². The molecular weight excluding hydrogens is 367 g/mol. The van der Waals surface area contributed by atoms with Crippen LogP contribution in [0.4, 0.5) is 4.39 Å². The number of halogens is 1. The van der Waals surface area contributed by atoms with Gasteiger partial charge in [-0.25, -0.2) is 4.39 Å². The van der Waals surface area contributed by atoms with Crippen LogP contribution in [0, 0.1) is 34.9 Å². The Morgan fingerprint density at radius 3 is 2.31 bits per heavy atom. The molecule has 29 heavy (non-hydrogen) atoms. The van der Waals surface area contributed by atoms with Crippen molar-refractivity contribution in [3.63, 3.8) is 0 Å². The van der Waals surface area contributed by atoms with Gasteiger partial charge in [0.15, 0.2) is 0 Å². The number of rotatable bonds is 2. The molecular formula is C23H23FN4O. The van der Waals surface area contributed by atoms with Crippen molar-refractivity contribution in [2.75, 3.05) is 0 Å². The van der Waals surface area contributed by atoms with E-state index in [0.717, 1.165) is 34.6 Å². The van der Waals surface area contributed by atoms with E-state index in [1.165, 1.54) is 50.7 Å². The molecule has 4 saturated carbocycles. The molecule has 0 spiro atoms. The molecule has 1 aromatic heterocycles. The minimum Gasteiger partial charge on any atom is -0.420 e. The molecule has 4 bridgehead atoms. The number of aromatic amines is 1. The van der Waals surface area contributed by atoms with Gasteiger partial charge in [0, 0.05) is 11.1 Å². The first-order chi connectivity index (χ1) is 14.1. The summed E-state index contributed by atoms with van der Waals surface area (Å²) in [4.78, 5) is 0. The Hall–Kier alpha value is -2.81. The quantitative estimate of drug-likeness (QED) is 0.803. The Morgan fingerprint density at radius 1 is 1.10 bits per heavy atom. The van der Waals surface area contributed by atoms with Crippen molar-refractivity contribution in [3.05, 3.63) is 58.4 Å². The van der Waals surface area contributed by atoms with Gasteiger partial charge >= 0.3 is 0 Å². The maximum Gasteiger partial charge on any atom is 0.244 e. The molecule has 4 fully saturated rings. The van der Waals surface area contributed by atoms with Crippen LogP contribution in [0.5, 0.6) is 5.88 Å². The molecule has 6 heteroatoms. The van der Waals surface area contributed by atoms with Crippen LogP contribution in [0.15, 0.2) is 35.7 Å². The zero-order valence-corrected chi connectivity index (χ0v) is 16.1. The van der Waals surface area contributed by atoms with Gasteiger partial charge in [-0.2, -0.15) is 5.26 Å². The Bertz CT molecular complexity index is 1030. The van der Waals surface area contributed by atoms with Crippen molar-refractivity contribution < 1.29 is 9.13 Å². The number of hydrogen-bond acceptors (Lipinski definition) is 4. The molecule has 1 aliphatic heterocycles. The fourth-order valence-corrected chi connectivity index (χ4v) is 7.05. The van der Waals surface area contributed by atoms with Crippen LogP contribution < -0.4 is 10.5 Å². The number of aromatic nitrogens is 2. The summed E-state index contributed by atoms with van der Waals surface area (Å²) >= 11 is 0. The van der Waals surface area contributed by atoms with Gasteiger partial charge in [0.2, 0.25) is 11.8 Å². The molecule has 4 aliphatic carbocycles. The third-order valence-corrected chi connectivity index (χ3v) is 7.71. The number of allylic oxidation sites excluding steroid dienone is 1. The summed E-state index contributed by atoms with van der Waals surface area (Å²) in [6.45, 7) is 0. The van der Waals surface area contributed by atoms with Crippen LogP contribution >= 0.6 is 0 Å². The summed E-state index contributed by atoms with van der Waals surface area (Å²) in [7, 11) is 0. The third-order valence-electron chi connectivity index (χ3n) is 7.71. The molecule has 0 saturated heterocycles. The summed E-state index contributed by atoms with van der Waals surface area (Å²) in [6.07, 6.45) is 7.57. The van der Waals surface area contributed by atoms with Crippen LogP contribution in [0.1, 0.15) is 61.3 Å². The highest BCUT2D eigenvalue weighted by Gasteiger charge is 2.54. The number of fused-ring (bicyclic) bond motifs is 1. The molecule has 2 aromatic rings. The summed E-state index contributed by atoms with van der Waals surface area (Å²) in [5.74, 6) is 2.20. The highest BCUT2D eigenvalue weighted by Crippen LogP contribution is 2.62. The summed E-state index contributed by atoms with van der Waals surface area (Å²) in [6, 6.07) is 8.57. The lowest BCUT2D eigenvalue weighted by molar-refractivity contribution is -0.00768. The van der Waals surface area contributed by atoms with Gasteiger partial charge in [-0.3, -0.25) is 5.10 Å². The second-order valence-electron chi connectivity index (χ2n) is 9.49. The number of nitrogens with two attached hydrogens (primary N) is 1. The van der Waals surface area contributed by atoms with E-state index in [-0.39, 0.29) is 23.0 Å². The Morgan fingerprint density at radius 2 is 1.72 bits per heavy atom. The molecule has 148 valence electrons. The minimum absolute atomic E-state index is 0.0731. The molecule has 0 radical (unpaired) electrons. The van der Waals surface area contributed by atoms with Crippen molar-refractivity contribution in [2.45, 2.75) is 49.9 Å². The number of H-pyrrole nitrogens is 1. The van der Waals surface area contributed by atoms with E-state index < -0.39 is 0 Å². The average Bonchev–Trinajstić information content (AvgIpc) is 3.11. The largest absolute Gasteiger partial charge is 0.420 e. The fraction of sp³-hybridized carbons (Fsp3) is 0.478. The predicted octanol–water partition coefficient (Wildman–Crippen LogP) is 4.23. The van der Waals surface area contributed by atoms with E-state index in [2.05, 4.69) is 16.3 Å².